The van der Waals surface area contributed by atoms with Crippen LogP contribution in [0.2, 0.25) is 0 Å². The molecule has 0 amide bonds. The van der Waals surface area contributed by atoms with Gasteiger partial charge in [0.1, 0.15) is 5.60 Å². The van der Waals surface area contributed by atoms with Crippen molar-refractivity contribution >= 4 is 5.78 Å². The Kier molecular flexibility index (Phi) is 13.5. The Hall–Kier alpha value is -2.69. The summed E-state index contributed by atoms with van der Waals surface area (Å²) in [5.41, 5.74) is -4.67. The van der Waals surface area contributed by atoms with Crippen LogP contribution in [0, 0.1) is 69.5 Å². The van der Waals surface area contributed by atoms with Crippen molar-refractivity contribution in [3.63, 3.8) is 0 Å². The number of rotatable bonds is 12. The van der Waals surface area contributed by atoms with Crippen LogP contribution in [0.1, 0.15) is 136 Å². The van der Waals surface area contributed by atoms with Crippen molar-refractivity contribution in [2.45, 2.75) is 202 Å². The molecule has 0 radical (unpaired) electrons. The van der Waals surface area contributed by atoms with Crippen LogP contribution >= 0.6 is 0 Å². The first-order valence-corrected chi connectivity index (χ1v) is 27.4. The van der Waals surface area contributed by atoms with E-state index in [1.54, 1.807) is 19.9 Å². The molecule has 2 aliphatic heterocycles. The van der Waals surface area contributed by atoms with Crippen LogP contribution in [-0.4, -0.2) is 142 Å². The van der Waals surface area contributed by atoms with Gasteiger partial charge in [-0.25, -0.2) is 0 Å². The minimum absolute atomic E-state index is 0.00212. The fraction of sp³-hybridized carbons (Fsp3) is 0.804. The van der Waals surface area contributed by atoms with E-state index < -0.39 is 117 Å². The van der Waals surface area contributed by atoms with Crippen molar-refractivity contribution in [1.82, 2.24) is 10.6 Å². The van der Waals surface area contributed by atoms with E-state index in [-0.39, 0.29) is 87.8 Å². The first-order valence-electron chi connectivity index (χ1n) is 27.4. The number of allylic oxidation sites excluding steroid dienone is 5. The number of aliphatic hydroxyl groups is 10. The number of ether oxygens (including phenoxy) is 1. The lowest BCUT2D eigenvalue weighted by Gasteiger charge is -2.70. The number of nitrogens with one attached hydrogen (secondary N) is 2. The van der Waals surface area contributed by atoms with Gasteiger partial charge < -0.3 is 72.2 Å². The third kappa shape index (κ3) is 7.45. The molecule has 1 saturated heterocycles. The molecule has 21 atom stereocenters. The summed E-state index contributed by atoms with van der Waals surface area (Å²) in [6.07, 6.45) is 8.36. The number of ketones is 1. The Morgan fingerprint density at radius 3 is 2.49 bits per heavy atom. The van der Waals surface area contributed by atoms with E-state index >= 15 is 4.79 Å². The van der Waals surface area contributed by atoms with E-state index in [9.17, 15) is 51.1 Å². The summed E-state index contributed by atoms with van der Waals surface area (Å²) in [4.78, 5) is 16.3. The highest BCUT2D eigenvalue weighted by molar-refractivity contribution is 6.03. The summed E-state index contributed by atoms with van der Waals surface area (Å²) >= 11 is 0. The molecule has 3 spiro atoms. The van der Waals surface area contributed by atoms with Gasteiger partial charge in [-0.15, -0.1) is 5.92 Å². The van der Waals surface area contributed by atoms with Gasteiger partial charge in [0, 0.05) is 54.4 Å². The molecule has 5 saturated carbocycles. The summed E-state index contributed by atoms with van der Waals surface area (Å²) in [5, 5.41) is 132. The molecule has 0 aromatic heterocycles. The predicted molar refractivity (Wildman–Crippen MR) is 263 cm³/mol. The van der Waals surface area contributed by atoms with Crippen molar-refractivity contribution in [2.24, 2.45) is 63.4 Å². The third-order valence-corrected chi connectivity index (χ3v) is 21.0. The zero-order valence-electron chi connectivity index (χ0n) is 42.1. The van der Waals surface area contributed by atoms with Crippen LogP contribution in [0.4, 0.5) is 0 Å². The smallest absolute Gasteiger partial charge is 0.186 e. The highest BCUT2D eigenvalue weighted by atomic mass is 16.5. The molecular formula is C56H83N3O12. The number of carbonyl (C=O) groups excluding carboxylic acids is 1. The minimum Gasteiger partial charge on any atom is -0.396 e. The van der Waals surface area contributed by atoms with Gasteiger partial charge in [0.05, 0.1) is 83.2 Å². The first kappa shape index (κ1) is 51.8. The van der Waals surface area contributed by atoms with E-state index in [4.69, 9.17) is 10.5 Å². The van der Waals surface area contributed by atoms with Crippen molar-refractivity contribution in [1.29, 1.82) is 0 Å². The van der Waals surface area contributed by atoms with Gasteiger partial charge in [0.25, 0.3) is 0 Å². The van der Waals surface area contributed by atoms with Crippen molar-refractivity contribution in [3.8, 4) is 11.8 Å². The number of hydrogen-bond acceptors (Lipinski definition) is 15. The summed E-state index contributed by atoms with van der Waals surface area (Å²) in [5.74, 6) is 2.44. The van der Waals surface area contributed by atoms with Gasteiger partial charge in [-0.3, -0.25) is 4.79 Å². The second kappa shape index (κ2) is 18.6. The van der Waals surface area contributed by atoms with Gasteiger partial charge in [-0.05, 0) is 138 Å². The standard InChI is InChI=1S/C56H83N3O12/c1-4-8-32-12-14-36-41(16-13-32)71-49-44(36)38(63)11-6-21-56(49,70)50(3,67)42-19-23-55(69)45-46(58-28-31(2)62)48(66)51-20-5-9-34(29-61)54(42,55)30-53(68)22-18-33(35-15-17-43(57)59-37(35)10-7-24-60)25-52(51,47(45)53)27-40(65)39(64)26-51/h15,17-18,22,31-34,36,38-44,47,49,58-65,67-70H,4,6-8,10-14,16,19-21,23-30,57H2,1-3H3/t31-,32+,33-,34+,36+,38-,39+,40-,41+,42+,43?,44+,47-,49+,50+,51-,52+,53-,54-,55+,56+/m0/s1. The highest BCUT2D eigenvalue weighted by Crippen LogP contribution is 2.78. The molecule has 6 bridgehead atoms. The average molecular weight is 990 g/mol. The van der Waals surface area contributed by atoms with Gasteiger partial charge in [0.2, 0.25) is 0 Å². The lowest BCUT2D eigenvalue weighted by atomic mass is 9.34. The Bertz CT molecular complexity index is 2270. The topological polar surface area (TPSA) is 279 Å². The van der Waals surface area contributed by atoms with Crippen molar-refractivity contribution in [3.05, 3.63) is 46.8 Å². The average Bonchev–Trinajstić information content (AvgIpc) is 3.67. The fourth-order valence-electron chi connectivity index (χ4n) is 18.1. The van der Waals surface area contributed by atoms with Crippen LogP contribution in [0.3, 0.4) is 0 Å². The lowest BCUT2D eigenvalue weighted by Crippen LogP contribution is -2.76. The fourth-order valence-corrected chi connectivity index (χ4v) is 18.1. The number of aliphatic hydroxyl groups excluding tert-OH is 6. The van der Waals surface area contributed by atoms with Gasteiger partial charge in [-0.2, -0.15) is 0 Å². The second-order valence-corrected chi connectivity index (χ2v) is 24.6. The van der Waals surface area contributed by atoms with Crippen molar-refractivity contribution < 1.29 is 60.6 Å². The second-order valence-electron chi connectivity index (χ2n) is 24.6. The van der Waals surface area contributed by atoms with Crippen LogP contribution in [0.5, 0.6) is 0 Å². The molecule has 2 heterocycles. The molecule has 0 aromatic carbocycles. The Morgan fingerprint density at radius 2 is 1.76 bits per heavy atom. The Balaban J connectivity index is 1.20. The van der Waals surface area contributed by atoms with Gasteiger partial charge in [-0.1, -0.05) is 50.3 Å². The van der Waals surface area contributed by atoms with Crippen LogP contribution in [0.15, 0.2) is 46.8 Å². The lowest BCUT2D eigenvalue weighted by molar-refractivity contribution is -0.276. The molecule has 15 heteroatoms. The maximum atomic E-state index is 16.3. The summed E-state index contributed by atoms with van der Waals surface area (Å²) in [6.45, 7) is 4.59. The van der Waals surface area contributed by atoms with E-state index in [0.29, 0.717) is 31.6 Å². The third-order valence-electron chi connectivity index (χ3n) is 21.0. The normalized spacial score (nSPS) is 49.0. The monoisotopic (exact) mass is 990 g/mol. The summed E-state index contributed by atoms with van der Waals surface area (Å²) < 4.78 is 7.04. The van der Waals surface area contributed by atoms with E-state index in [0.717, 1.165) is 49.8 Å². The number of dihydropyridines is 1. The maximum absolute atomic E-state index is 16.3. The molecule has 394 valence electrons. The van der Waals surface area contributed by atoms with Crippen LogP contribution in [-0.2, 0) is 9.53 Å². The van der Waals surface area contributed by atoms with Crippen molar-refractivity contribution in [2.75, 3.05) is 19.8 Å². The molecule has 11 aliphatic rings. The zero-order chi connectivity index (χ0) is 50.7. The summed E-state index contributed by atoms with van der Waals surface area (Å²) in [6, 6.07) is 0. The van der Waals surface area contributed by atoms with Crippen LogP contribution < -0.4 is 16.4 Å². The molecule has 0 aromatic rings. The Labute approximate surface area is 419 Å². The molecule has 9 aliphatic carbocycles. The number of nitrogens with two attached hydrogens (primary N) is 1. The van der Waals surface area contributed by atoms with E-state index in [1.165, 1.54) is 0 Å². The molecule has 1 unspecified atom stereocenters. The SMILES string of the molecule is CCC[C@@H]1CC[C@H]2[C@H]3[C@@H](O[C@@H]2CC1)[C@@](O)([C@](C)(O)[C@H]1CC[C@@]2(O)C4=C(NC[C@H](C)O)C(=O)[C@@]56CC#C[C@H](CO)[C@@]12C[C@@]1(O)C=C[C@H](C2=C(CCCO)NC(N)C=C2)C[C@@]5(C[C@H](O)[C@H](O)C6)[C@H]41)CCC[C@@H]3O. The quantitative estimate of drug-likeness (QED) is 0.0987. The number of fused-ring (bicyclic) bond motifs is 6. The molecular weight excluding hydrogens is 907 g/mol. The molecule has 6 fully saturated rings. The van der Waals surface area contributed by atoms with E-state index in [2.05, 4.69) is 29.4 Å². The first-order chi connectivity index (χ1) is 33.7. The highest BCUT2D eigenvalue weighted by Gasteiger charge is 2.82. The molecule has 11 rings (SSSR count). The minimum atomic E-state index is -2.11. The largest absolute Gasteiger partial charge is 0.396 e. The molecule has 15 nitrogen and oxygen atoms in total. The molecule has 71 heavy (non-hydrogen) atoms. The van der Waals surface area contributed by atoms with E-state index in [1.807, 2.05) is 18.2 Å². The number of Topliss-reactive ketones (excluding diaryl/α,β-unsaturated/α-hetero) is 1. The predicted octanol–water partition coefficient (Wildman–Crippen LogP) is 2.24. The zero-order valence-corrected chi connectivity index (χ0v) is 42.1. The Morgan fingerprint density at radius 1 is 1.00 bits per heavy atom. The van der Waals surface area contributed by atoms with Crippen LogP contribution in [0.25, 0.3) is 0 Å². The van der Waals surface area contributed by atoms with Gasteiger partial charge >= 0.3 is 0 Å². The molecule has 14 N–H and O–H groups in total. The summed E-state index contributed by atoms with van der Waals surface area (Å²) in [7, 11) is 0. The number of carbonyl (C=O) groups is 1. The number of hydrogen-bond donors (Lipinski definition) is 13. The van der Waals surface area contributed by atoms with Gasteiger partial charge in [0.15, 0.2) is 5.78 Å². The maximum Gasteiger partial charge on any atom is 0.186 e.